The van der Waals surface area contributed by atoms with Crippen molar-refractivity contribution >= 4 is 28.4 Å². The van der Waals surface area contributed by atoms with Crippen LogP contribution < -0.4 is 5.73 Å². The zero-order valence-corrected chi connectivity index (χ0v) is 19.5. The number of nitrogens with zero attached hydrogens (tertiary/aromatic N) is 4. The van der Waals surface area contributed by atoms with Crippen LogP contribution in [0, 0.1) is 6.92 Å². The van der Waals surface area contributed by atoms with E-state index in [-0.39, 0.29) is 0 Å². The molecule has 2 heterocycles. The number of aromatic amines is 1. The molecule has 0 aliphatic rings. The average molecular weight is 471 g/mol. The summed E-state index contributed by atoms with van der Waals surface area (Å²) >= 11 is 1.43. The molecule has 0 aliphatic carbocycles. The lowest BCUT2D eigenvalue weighted by atomic mass is 9.92. The van der Waals surface area contributed by atoms with Crippen molar-refractivity contribution in [1.82, 2.24) is 25.3 Å². The van der Waals surface area contributed by atoms with Gasteiger partial charge >= 0.3 is 0 Å². The van der Waals surface area contributed by atoms with E-state index in [2.05, 4.69) is 31.4 Å². The molecule has 3 aromatic carbocycles. The quantitative estimate of drug-likeness (QED) is 0.325. The molecule has 0 saturated carbocycles. The van der Waals surface area contributed by atoms with Crippen LogP contribution in [-0.4, -0.2) is 31.2 Å². The standard InChI is InChI=1S/C25H22N6O2S/c1-14-6-5-9-18(10-14)23-28-25(30-29-23)34-13-21-27-24(33-31-21)20-12-17-8-4-3-7-16(17)11-19(20)15(2)22(26)32/h3-12,15H,13H2,1-2H3,(H2,26,32)(H,28,29,30). The number of carbonyl (C=O) groups excluding carboxylic acids is 1. The van der Waals surface area contributed by atoms with Gasteiger partial charge in [-0.2, -0.15) is 4.98 Å². The molecule has 9 heteroatoms. The Labute approximate surface area is 200 Å². The summed E-state index contributed by atoms with van der Waals surface area (Å²) in [7, 11) is 0. The van der Waals surface area contributed by atoms with Crippen molar-refractivity contribution in [3.63, 3.8) is 0 Å². The van der Waals surface area contributed by atoms with E-state index in [4.69, 9.17) is 10.3 Å². The maximum Gasteiger partial charge on any atom is 0.258 e. The van der Waals surface area contributed by atoms with E-state index in [0.29, 0.717) is 34.0 Å². The largest absolute Gasteiger partial charge is 0.369 e. The Morgan fingerprint density at radius 3 is 2.65 bits per heavy atom. The summed E-state index contributed by atoms with van der Waals surface area (Å²) < 4.78 is 5.57. The molecule has 0 aliphatic heterocycles. The summed E-state index contributed by atoms with van der Waals surface area (Å²) in [6.07, 6.45) is 0. The minimum absolute atomic E-state index is 0.350. The molecule has 0 radical (unpaired) electrons. The molecule has 0 fully saturated rings. The van der Waals surface area contributed by atoms with Crippen LogP contribution in [0.25, 0.3) is 33.6 Å². The van der Waals surface area contributed by atoms with E-state index in [1.807, 2.05) is 61.5 Å². The third-order valence-corrected chi connectivity index (χ3v) is 6.46. The topological polar surface area (TPSA) is 124 Å². The predicted molar refractivity (Wildman–Crippen MR) is 131 cm³/mol. The summed E-state index contributed by atoms with van der Waals surface area (Å²) in [6, 6.07) is 19.9. The number of aryl methyl sites for hydroxylation is 1. The van der Waals surface area contributed by atoms with Gasteiger partial charge in [0.2, 0.25) is 5.91 Å². The number of primary amides is 1. The second-order valence-electron chi connectivity index (χ2n) is 8.06. The zero-order chi connectivity index (χ0) is 23.7. The molecule has 1 unspecified atom stereocenters. The van der Waals surface area contributed by atoms with Crippen LogP contribution in [0.3, 0.4) is 0 Å². The van der Waals surface area contributed by atoms with Gasteiger partial charge in [0.05, 0.1) is 11.7 Å². The van der Waals surface area contributed by atoms with Gasteiger partial charge in [0.1, 0.15) is 0 Å². The number of hydrogen-bond acceptors (Lipinski definition) is 7. The fourth-order valence-corrected chi connectivity index (χ4v) is 4.39. The number of thioether (sulfide) groups is 1. The van der Waals surface area contributed by atoms with Crippen molar-refractivity contribution in [2.45, 2.75) is 30.7 Å². The number of rotatable bonds is 7. The highest BCUT2D eigenvalue weighted by molar-refractivity contribution is 7.98. The summed E-state index contributed by atoms with van der Waals surface area (Å²) in [5.41, 5.74) is 9.20. The Morgan fingerprint density at radius 1 is 1.09 bits per heavy atom. The van der Waals surface area contributed by atoms with Crippen molar-refractivity contribution in [2.75, 3.05) is 0 Å². The summed E-state index contributed by atoms with van der Waals surface area (Å²) in [5.74, 6) is 1.10. The molecule has 5 rings (SSSR count). The number of hydrogen-bond donors (Lipinski definition) is 2. The Morgan fingerprint density at radius 2 is 1.88 bits per heavy atom. The van der Waals surface area contributed by atoms with E-state index in [9.17, 15) is 4.79 Å². The maximum absolute atomic E-state index is 11.9. The van der Waals surface area contributed by atoms with Crippen molar-refractivity contribution < 1.29 is 9.32 Å². The van der Waals surface area contributed by atoms with Crippen molar-refractivity contribution in [2.24, 2.45) is 5.73 Å². The maximum atomic E-state index is 11.9. The predicted octanol–water partition coefficient (Wildman–Crippen LogP) is 4.86. The molecular formula is C25H22N6O2S. The minimum atomic E-state index is -0.501. The lowest BCUT2D eigenvalue weighted by molar-refractivity contribution is -0.119. The SMILES string of the molecule is Cc1cccc(-c2nnc(SCc3noc(-c4cc5ccccc5cc4C(C)C(N)=O)n3)[nH]2)c1. The second kappa shape index (κ2) is 9.11. The first-order valence-corrected chi connectivity index (χ1v) is 11.7. The molecule has 1 amide bonds. The van der Waals surface area contributed by atoms with Crippen LogP contribution in [0.4, 0.5) is 0 Å². The van der Waals surface area contributed by atoms with Gasteiger partial charge in [0.15, 0.2) is 16.8 Å². The van der Waals surface area contributed by atoms with Crippen LogP contribution in [0.5, 0.6) is 0 Å². The Balaban J connectivity index is 1.38. The van der Waals surface area contributed by atoms with Gasteiger partial charge in [-0.15, -0.1) is 10.2 Å². The molecule has 1 atom stereocenters. The van der Waals surface area contributed by atoms with Crippen LogP contribution in [0.15, 0.2) is 70.3 Å². The average Bonchev–Trinajstić information content (AvgIpc) is 3.51. The van der Waals surface area contributed by atoms with Gasteiger partial charge in [-0.25, -0.2) is 0 Å². The number of aromatic nitrogens is 5. The number of nitrogens with two attached hydrogens (primary N) is 1. The Bertz CT molecular complexity index is 1490. The first-order valence-electron chi connectivity index (χ1n) is 10.8. The third kappa shape index (κ3) is 4.42. The lowest BCUT2D eigenvalue weighted by Crippen LogP contribution is -2.19. The van der Waals surface area contributed by atoms with Crippen LogP contribution in [0.1, 0.15) is 29.8 Å². The van der Waals surface area contributed by atoms with Gasteiger partial charge in [0, 0.05) is 11.1 Å². The van der Waals surface area contributed by atoms with Crippen molar-refractivity contribution in [3.8, 4) is 22.8 Å². The monoisotopic (exact) mass is 470 g/mol. The number of fused-ring (bicyclic) bond motifs is 1. The molecule has 0 saturated heterocycles. The van der Waals surface area contributed by atoms with Gasteiger partial charge in [-0.1, -0.05) is 64.9 Å². The molecule has 8 nitrogen and oxygen atoms in total. The van der Waals surface area contributed by atoms with E-state index >= 15 is 0 Å². The van der Waals surface area contributed by atoms with Crippen molar-refractivity contribution in [3.05, 3.63) is 77.6 Å². The van der Waals surface area contributed by atoms with Crippen LogP contribution in [0.2, 0.25) is 0 Å². The Hall–Kier alpha value is -3.98. The first kappa shape index (κ1) is 21.8. The number of H-pyrrole nitrogens is 1. The summed E-state index contributed by atoms with van der Waals surface area (Å²) in [5, 5.41) is 15.3. The van der Waals surface area contributed by atoms with E-state index < -0.39 is 11.8 Å². The highest BCUT2D eigenvalue weighted by Gasteiger charge is 2.21. The smallest absolute Gasteiger partial charge is 0.258 e. The van der Waals surface area contributed by atoms with E-state index in [1.54, 1.807) is 6.92 Å². The fraction of sp³-hybridized carbons (Fsp3) is 0.160. The molecular weight excluding hydrogens is 448 g/mol. The van der Waals surface area contributed by atoms with Gasteiger partial charge < -0.3 is 15.2 Å². The fourth-order valence-electron chi connectivity index (χ4n) is 3.74. The number of amides is 1. The normalized spacial score (nSPS) is 12.2. The molecule has 170 valence electrons. The third-order valence-electron chi connectivity index (χ3n) is 5.61. The summed E-state index contributed by atoms with van der Waals surface area (Å²) in [6.45, 7) is 3.81. The highest BCUT2D eigenvalue weighted by Crippen LogP contribution is 2.33. The Kier molecular flexibility index (Phi) is 5.85. The number of nitrogens with one attached hydrogen (secondary N) is 1. The molecule has 0 spiro atoms. The van der Waals surface area contributed by atoms with Crippen LogP contribution >= 0.6 is 11.8 Å². The van der Waals surface area contributed by atoms with Crippen LogP contribution in [-0.2, 0) is 10.5 Å². The first-order chi connectivity index (χ1) is 16.5. The molecule has 5 aromatic rings. The van der Waals surface area contributed by atoms with Gasteiger partial charge in [-0.3, -0.25) is 4.79 Å². The van der Waals surface area contributed by atoms with Crippen molar-refractivity contribution in [1.29, 1.82) is 0 Å². The van der Waals surface area contributed by atoms with E-state index in [1.165, 1.54) is 11.8 Å². The number of carbonyl (C=O) groups is 1. The molecule has 34 heavy (non-hydrogen) atoms. The van der Waals surface area contributed by atoms with Gasteiger partial charge in [-0.05, 0) is 48.4 Å². The molecule has 0 bridgehead atoms. The zero-order valence-electron chi connectivity index (χ0n) is 18.6. The summed E-state index contributed by atoms with van der Waals surface area (Å²) in [4.78, 5) is 19.7. The van der Waals surface area contributed by atoms with E-state index in [0.717, 1.165) is 27.5 Å². The molecule has 3 N–H and O–H groups in total. The minimum Gasteiger partial charge on any atom is -0.369 e. The lowest BCUT2D eigenvalue weighted by Gasteiger charge is -2.13. The number of benzene rings is 3. The van der Waals surface area contributed by atoms with Gasteiger partial charge in [0.25, 0.3) is 5.89 Å². The second-order valence-corrected chi connectivity index (χ2v) is 9.03. The molecule has 2 aromatic heterocycles. The highest BCUT2D eigenvalue weighted by atomic mass is 32.2.